The first kappa shape index (κ1) is 9.32. The molecule has 1 fully saturated rings. The maximum Gasteiger partial charge on any atom is 0.409 e. The summed E-state index contributed by atoms with van der Waals surface area (Å²) >= 11 is 0. The summed E-state index contributed by atoms with van der Waals surface area (Å²) in [5, 5.41) is 0. The molecule has 0 aliphatic carbocycles. The van der Waals surface area contributed by atoms with E-state index in [1.54, 1.807) is 11.9 Å². The molecule has 1 rings (SSSR count). The van der Waals surface area contributed by atoms with Crippen LogP contribution in [0, 0.1) is 0 Å². The Labute approximate surface area is 72.4 Å². The van der Waals surface area contributed by atoms with Crippen LogP contribution >= 0.6 is 0 Å². The molecule has 1 aliphatic heterocycles. The van der Waals surface area contributed by atoms with Crippen LogP contribution in [-0.2, 0) is 9.47 Å². The zero-order valence-corrected chi connectivity index (χ0v) is 7.58. The number of carbonyl (C=O) groups is 1. The van der Waals surface area contributed by atoms with Crippen molar-refractivity contribution in [3.63, 3.8) is 0 Å². The zero-order chi connectivity index (χ0) is 8.97. The standard InChI is InChI=1S/C8H15NO3/c1-3-9(2)8(10)12-7-4-5-11-6-7/h7H,3-6H2,1-2H3. The number of rotatable bonds is 2. The molecule has 0 N–H and O–H groups in total. The van der Waals surface area contributed by atoms with Gasteiger partial charge in [0.05, 0.1) is 13.2 Å². The molecule has 0 aromatic heterocycles. The number of amides is 1. The van der Waals surface area contributed by atoms with Gasteiger partial charge in [-0.1, -0.05) is 0 Å². The fraction of sp³-hybridized carbons (Fsp3) is 0.875. The molecule has 12 heavy (non-hydrogen) atoms. The van der Waals surface area contributed by atoms with Gasteiger partial charge in [-0.05, 0) is 6.92 Å². The van der Waals surface area contributed by atoms with Gasteiger partial charge in [0.15, 0.2) is 0 Å². The van der Waals surface area contributed by atoms with Crippen LogP contribution < -0.4 is 0 Å². The number of hydrogen-bond acceptors (Lipinski definition) is 3. The lowest BCUT2D eigenvalue weighted by atomic mass is 10.3. The highest BCUT2D eigenvalue weighted by atomic mass is 16.6. The first-order chi connectivity index (χ1) is 5.74. The van der Waals surface area contributed by atoms with Crippen molar-refractivity contribution in [3.05, 3.63) is 0 Å². The predicted octanol–water partition coefficient (Wildman–Crippen LogP) is 0.864. The van der Waals surface area contributed by atoms with Crippen LogP contribution in [0.25, 0.3) is 0 Å². The maximum atomic E-state index is 11.2. The molecule has 1 atom stereocenters. The normalized spacial score (nSPS) is 22.3. The predicted molar refractivity (Wildman–Crippen MR) is 44.0 cm³/mol. The van der Waals surface area contributed by atoms with E-state index in [4.69, 9.17) is 9.47 Å². The maximum absolute atomic E-state index is 11.2. The first-order valence-electron chi connectivity index (χ1n) is 4.23. The van der Waals surface area contributed by atoms with Crippen molar-refractivity contribution in [3.8, 4) is 0 Å². The molecule has 0 radical (unpaired) electrons. The highest BCUT2D eigenvalue weighted by Crippen LogP contribution is 2.09. The first-order valence-corrected chi connectivity index (χ1v) is 4.23. The van der Waals surface area contributed by atoms with Crippen molar-refractivity contribution in [2.75, 3.05) is 26.8 Å². The van der Waals surface area contributed by atoms with Crippen LogP contribution in [0.1, 0.15) is 13.3 Å². The molecule has 0 aromatic rings. The van der Waals surface area contributed by atoms with Gasteiger partial charge in [0.25, 0.3) is 0 Å². The van der Waals surface area contributed by atoms with Gasteiger partial charge in [-0.3, -0.25) is 0 Å². The lowest BCUT2D eigenvalue weighted by molar-refractivity contribution is 0.0611. The van der Waals surface area contributed by atoms with Gasteiger partial charge in [0.2, 0.25) is 0 Å². The Kier molecular flexibility index (Phi) is 3.34. The molecule has 1 unspecified atom stereocenters. The van der Waals surface area contributed by atoms with Gasteiger partial charge in [-0.15, -0.1) is 0 Å². The van der Waals surface area contributed by atoms with Gasteiger partial charge in [-0.25, -0.2) is 4.79 Å². The van der Waals surface area contributed by atoms with Crippen LogP contribution in [0.2, 0.25) is 0 Å². The zero-order valence-electron chi connectivity index (χ0n) is 7.58. The van der Waals surface area contributed by atoms with E-state index in [9.17, 15) is 4.79 Å². The molecular formula is C8H15NO3. The van der Waals surface area contributed by atoms with E-state index in [1.807, 2.05) is 6.92 Å². The summed E-state index contributed by atoms with van der Waals surface area (Å²) in [5.41, 5.74) is 0. The number of ether oxygens (including phenoxy) is 2. The Bertz CT molecular complexity index is 154. The van der Waals surface area contributed by atoms with E-state index in [2.05, 4.69) is 0 Å². The minimum atomic E-state index is -0.256. The highest BCUT2D eigenvalue weighted by molar-refractivity contribution is 5.67. The summed E-state index contributed by atoms with van der Waals surface area (Å²) in [4.78, 5) is 12.7. The molecule has 1 saturated heterocycles. The Hall–Kier alpha value is -0.770. The molecule has 70 valence electrons. The third-order valence-electron chi connectivity index (χ3n) is 1.94. The van der Waals surface area contributed by atoms with E-state index < -0.39 is 0 Å². The molecule has 0 saturated carbocycles. The highest BCUT2D eigenvalue weighted by Gasteiger charge is 2.20. The Morgan fingerprint density at radius 2 is 2.50 bits per heavy atom. The lowest BCUT2D eigenvalue weighted by Gasteiger charge is -2.17. The van der Waals surface area contributed by atoms with Gasteiger partial charge in [0, 0.05) is 20.0 Å². The van der Waals surface area contributed by atoms with Gasteiger partial charge >= 0.3 is 6.09 Å². The number of nitrogens with zero attached hydrogens (tertiary/aromatic N) is 1. The SMILES string of the molecule is CCN(C)C(=O)OC1CCOC1. The van der Waals surface area contributed by atoms with Crippen LogP contribution in [0.5, 0.6) is 0 Å². The van der Waals surface area contributed by atoms with Crippen LogP contribution in [0.3, 0.4) is 0 Å². The molecule has 0 bridgehead atoms. The Balaban J connectivity index is 2.25. The monoisotopic (exact) mass is 173 g/mol. The molecular weight excluding hydrogens is 158 g/mol. The fourth-order valence-electron chi connectivity index (χ4n) is 0.967. The van der Waals surface area contributed by atoms with E-state index in [0.29, 0.717) is 19.8 Å². The minimum Gasteiger partial charge on any atom is -0.444 e. The van der Waals surface area contributed by atoms with Crippen LogP contribution in [0.4, 0.5) is 4.79 Å². The van der Waals surface area contributed by atoms with E-state index in [0.717, 1.165) is 6.42 Å². The average molecular weight is 173 g/mol. The van der Waals surface area contributed by atoms with Crippen molar-refractivity contribution in [1.29, 1.82) is 0 Å². The summed E-state index contributed by atoms with van der Waals surface area (Å²) in [6, 6.07) is 0. The van der Waals surface area contributed by atoms with Crippen LogP contribution in [0.15, 0.2) is 0 Å². The molecule has 4 nitrogen and oxygen atoms in total. The Morgan fingerprint density at radius 3 is 3.00 bits per heavy atom. The summed E-state index contributed by atoms with van der Waals surface area (Å²) in [6.07, 6.45) is 0.531. The van der Waals surface area contributed by atoms with Crippen molar-refractivity contribution < 1.29 is 14.3 Å². The molecule has 1 aliphatic rings. The third-order valence-corrected chi connectivity index (χ3v) is 1.94. The minimum absolute atomic E-state index is 0.0356. The summed E-state index contributed by atoms with van der Waals surface area (Å²) < 4.78 is 10.2. The van der Waals surface area contributed by atoms with Gasteiger partial charge in [-0.2, -0.15) is 0 Å². The topological polar surface area (TPSA) is 38.8 Å². The molecule has 0 spiro atoms. The van der Waals surface area contributed by atoms with E-state index in [-0.39, 0.29) is 12.2 Å². The summed E-state index contributed by atoms with van der Waals surface area (Å²) in [5.74, 6) is 0. The lowest BCUT2D eigenvalue weighted by Crippen LogP contribution is -2.31. The van der Waals surface area contributed by atoms with Crippen molar-refractivity contribution in [1.82, 2.24) is 4.90 Å². The number of carbonyl (C=O) groups excluding carboxylic acids is 1. The second-order valence-corrected chi connectivity index (χ2v) is 2.88. The average Bonchev–Trinajstić information content (AvgIpc) is 2.55. The third kappa shape index (κ3) is 2.37. The summed E-state index contributed by atoms with van der Waals surface area (Å²) in [7, 11) is 1.72. The molecule has 4 heteroatoms. The van der Waals surface area contributed by atoms with E-state index in [1.165, 1.54) is 0 Å². The largest absolute Gasteiger partial charge is 0.444 e. The van der Waals surface area contributed by atoms with E-state index >= 15 is 0 Å². The molecule has 1 amide bonds. The fourth-order valence-corrected chi connectivity index (χ4v) is 0.967. The molecule has 1 heterocycles. The van der Waals surface area contributed by atoms with Crippen molar-refractivity contribution in [2.45, 2.75) is 19.4 Å². The molecule has 0 aromatic carbocycles. The van der Waals surface area contributed by atoms with Crippen molar-refractivity contribution >= 4 is 6.09 Å². The van der Waals surface area contributed by atoms with Gasteiger partial charge < -0.3 is 14.4 Å². The quantitative estimate of drug-likeness (QED) is 0.621. The Morgan fingerprint density at radius 1 is 1.75 bits per heavy atom. The van der Waals surface area contributed by atoms with Crippen molar-refractivity contribution in [2.24, 2.45) is 0 Å². The summed E-state index contributed by atoms with van der Waals surface area (Å²) in [6.45, 7) is 3.83. The van der Waals surface area contributed by atoms with Gasteiger partial charge in [0.1, 0.15) is 6.10 Å². The smallest absolute Gasteiger partial charge is 0.409 e. The second-order valence-electron chi connectivity index (χ2n) is 2.88. The second kappa shape index (κ2) is 4.30. The number of hydrogen-bond donors (Lipinski definition) is 0. The van der Waals surface area contributed by atoms with Crippen LogP contribution in [-0.4, -0.2) is 43.9 Å².